The van der Waals surface area contributed by atoms with E-state index in [1.54, 1.807) is 0 Å². The lowest BCUT2D eigenvalue weighted by Crippen LogP contribution is -2.53. The summed E-state index contributed by atoms with van der Waals surface area (Å²) in [7, 11) is 0. The first kappa shape index (κ1) is 13.5. The Kier molecular flexibility index (Phi) is 4.48. The minimum Gasteiger partial charge on any atom is -0.368 e. The van der Waals surface area contributed by atoms with Crippen molar-refractivity contribution >= 4 is 17.7 Å². The highest BCUT2D eigenvalue weighted by Crippen LogP contribution is 2.10. The summed E-state index contributed by atoms with van der Waals surface area (Å²) in [5, 5.41) is 5.15. The Morgan fingerprint density at radius 1 is 1.59 bits per heavy atom. The van der Waals surface area contributed by atoms with E-state index >= 15 is 0 Å². The Morgan fingerprint density at radius 2 is 2.24 bits per heavy atom. The van der Waals surface area contributed by atoms with Crippen molar-refractivity contribution < 1.29 is 14.4 Å². The SMILES string of the molecule is CC[C@@H](C)[C@@H](NC(=O)[C@@H]1CCC(=O)N1)C(N)=O. The van der Waals surface area contributed by atoms with Crippen LogP contribution in [0.3, 0.4) is 0 Å². The number of hydrogen-bond donors (Lipinski definition) is 3. The van der Waals surface area contributed by atoms with Gasteiger partial charge in [-0.3, -0.25) is 14.4 Å². The number of carbonyl (C=O) groups excluding carboxylic acids is 3. The molecule has 3 amide bonds. The average Bonchev–Trinajstić information content (AvgIpc) is 2.71. The van der Waals surface area contributed by atoms with E-state index in [0.29, 0.717) is 12.8 Å². The summed E-state index contributed by atoms with van der Waals surface area (Å²) in [4.78, 5) is 34.0. The van der Waals surface area contributed by atoms with Crippen LogP contribution in [0.2, 0.25) is 0 Å². The van der Waals surface area contributed by atoms with Gasteiger partial charge in [0.2, 0.25) is 17.7 Å². The number of nitrogens with one attached hydrogen (secondary N) is 2. The van der Waals surface area contributed by atoms with Crippen molar-refractivity contribution in [2.45, 2.75) is 45.2 Å². The van der Waals surface area contributed by atoms with E-state index in [0.717, 1.165) is 6.42 Å². The number of rotatable bonds is 5. The molecule has 1 heterocycles. The molecule has 1 aliphatic heterocycles. The minimum atomic E-state index is -0.676. The molecule has 0 aromatic rings. The van der Waals surface area contributed by atoms with Crippen LogP contribution in [0.5, 0.6) is 0 Å². The van der Waals surface area contributed by atoms with Gasteiger partial charge in [0.05, 0.1) is 0 Å². The zero-order chi connectivity index (χ0) is 13.0. The Morgan fingerprint density at radius 3 is 2.65 bits per heavy atom. The topological polar surface area (TPSA) is 101 Å². The van der Waals surface area contributed by atoms with Gasteiger partial charge in [0.15, 0.2) is 0 Å². The van der Waals surface area contributed by atoms with Crippen LogP contribution >= 0.6 is 0 Å². The molecule has 1 fully saturated rings. The predicted molar refractivity (Wildman–Crippen MR) is 61.7 cm³/mol. The highest BCUT2D eigenvalue weighted by atomic mass is 16.2. The van der Waals surface area contributed by atoms with Crippen LogP contribution in [-0.2, 0) is 14.4 Å². The van der Waals surface area contributed by atoms with Crippen molar-refractivity contribution in [1.82, 2.24) is 10.6 Å². The Hall–Kier alpha value is -1.59. The number of nitrogens with two attached hydrogens (primary N) is 1. The summed E-state index contributed by atoms with van der Waals surface area (Å²) < 4.78 is 0. The van der Waals surface area contributed by atoms with Crippen molar-refractivity contribution in [3.8, 4) is 0 Å². The summed E-state index contributed by atoms with van der Waals surface area (Å²) in [5.74, 6) is -1.03. The van der Waals surface area contributed by atoms with Crippen LogP contribution in [0.25, 0.3) is 0 Å². The summed E-state index contributed by atoms with van der Waals surface area (Å²) in [5.41, 5.74) is 5.25. The van der Waals surface area contributed by atoms with E-state index in [4.69, 9.17) is 5.73 Å². The van der Waals surface area contributed by atoms with E-state index in [-0.39, 0.29) is 17.7 Å². The van der Waals surface area contributed by atoms with Gasteiger partial charge in [-0.15, -0.1) is 0 Å². The molecule has 0 unspecified atom stereocenters. The van der Waals surface area contributed by atoms with E-state index < -0.39 is 18.0 Å². The summed E-state index contributed by atoms with van der Waals surface area (Å²) >= 11 is 0. The second-order valence-corrected chi connectivity index (χ2v) is 4.43. The Bertz CT molecular complexity index is 330. The van der Waals surface area contributed by atoms with E-state index in [1.165, 1.54) is 0 Å². The maximum absolute atomic E-state index is 11.8. The van der Waals surface area contributed by atoms with Gasteiger partial charge in [-0.1, -0.05) is 20.3 Å². The normalized spacial score (nSPS) is 22.7. The predicted octanol–water partition coefficient (Wildman–Crippen LogP) is -0.719. The first-order valence-corrected chi connectivity index (χ1v) is 5.84. The highest BCUT2D eigenvalue weighted by molar-refractivity contribution is 5.93. The summed E-state index contributed by atoms with van der Waals surface area (Å²) in [6, 6.07) is -1.21. The molecule has 6 heteroatoms. The Balaban J connectivity index is 2.58. The maximum Gasteiger partial charge on any atom is 0.243 e. The molecule has 3 atom stereocenters. The molecule has 96 valence electrons. The van der Waals surface area contributed by atoms with E-state index in [1.807, 2.05) is 13.8 Å². The largest absolute Gasteiger partial charge is 0.368 e. The molecule has 0 saturated carbocycles. The van der Waals surface area contributed by atoms with Crippen LogP contribution in [0.4, 0.5) is 0 Å². The van der Waals surface area contributed by atoms with Crippen molar-refractivity contribution in [3.63, 3.8) is 0 Å². The lowest BCUT2D eigenvalue weighted by Gasteiger charge is -2.22. The van der Waals surface area contributed by atoms with Crippen LogP contribution in [0.1, 0.15) is 33.1 Å². The molecular weight excluding hydrogens is 222 g/mol. The molecule has 4 N–H and O–H groups in total. The molecule has 0 aromatic heterocycles. The summed E-state index contributed by atoms with van der Waals surface area (Å²) in [6.07, 6.45) is 1.56. The first-order valence-electron chi connectivity index (χ1n) is 5.84. The fraction of sp³-hybridized carbons (Fsp3) is 0.727. The molecule has 1 saturated heterocycles. The number of carbonyl (C=O) groups is 3. The Labute approximate surface area is 100 Å². The van der Waals surface area contributed by atoms with E-state index in [2.05, 4.69) is 10.6 Å². The standard InChI is InChI=1S/C11H19N3O3/c1-3-6(2)9(10(12)16)14-11(17)7-4-5-8(15)13-7/h6-7,9H,3-5H2,1-2H3,(H2,12,16)(H,13,15)(H,14,17)/t6-,7+,9-/m1/s1. The van der Waals surface area contributed by atoms with Crippen LogP contribution in [-0.4, -0.2) is 29.8 Å². The zero-order valence-electron chi connectivity index (χ0n) is 10.2. The smallest absolute Gasteiger partial charge is 0.243 e. The van der Waals surface area contributed by atoms with Gasteiger partial charge in [-0.2, -0.15) is 0 Å². The molecule has 0 radical (unpaired) electrons. The second kappa shape index (κ2) is 5.65. The molecule has 17 heavy (non-hydrogen) atoms. The van der Waals surface area contributed by atoms with Crippen LogP contribution in [0, 0.1) is 5.92 Å². The second-order valence-electron chi connectivity index (χ2n) is 4.43. The van der Waals surface area contributed by atoms with Gasteiger partial charge in [0.25, 0.3) is 0 Å². The molecular formula is C11H19N3O3. The van der Waals surface area contributed by atoms with Crippen molar-refractivity contribution in [2.75, 3.05) is 0 Å². The van der Waals surface area contributed by atoms with Gasteiger partial charge in [-0.25, -0.2) is 0 Å². The quantitative estimate of drug-likeness (QED) is 0.592. The molecule has 1 aliphatic rings. The lowest BCUT2D eigenvalue weighted by atomic mass is 9.98. The van der Waals surface area contributed by atoms with Crippen molar-refractivity contribution in [3.05, 3.63) is 0 Å². The number of amides is 3. The third-order valence-electron chi connectivity index (χ3n) is 3.13. The third-order valence-corrected chi connectivity index (χ3v) is 3.13. The lowest BCUT2D eigenvalue weighted by molar-refractivity contribution is -0.130. The molecule has 0 bridgehead atoms. The monoisotopic (exact) mass is 241 g/mol. The van der Waals surface area contributed by atoms with Gasteiger partial charge < -0.3 is 16.4 Å². The molecule has 0 aliphatic carbocycles. The molecule has 0 aromatic carbocycles. The summed E-state index contributed by atoms with van der Waals surface area (Å²) in [6.45, 7) is 3.77. The van der Waals surface area contributed by atoms with Crippen molar-refractivity contribution in [1.29, 1.82) is 0 Å². The zero-order valence-corrected chi connectivity index (χ0v) is 10.2. The van der Waals surface area contributed by atoms with Gasteiger partial charge in [0, 0.05) is 6.42 Å². The number of primary amides is 1. The fourth-order valence-corrected chi connectivity index (χ4v) is 1.79. The number of hydrogen-bond acceptors (Lipinski definition) is 3. The van der Waals surface area contributed by atoms with E-state index in [9.17, 15) is 14.4 Å². The third kappa shape index (κ3) is 3.44. The molecule has 0 spiro atoms. The average molecular weight is 241 g/mol. The highest BCUT2D eigenvalue weighted by Gasteiger charge is 2.31. The van der Waals surface area contributed by atoms with Crippen LogP contribution < -0.4 is 16.4 Å². The maximum atomic E-state index is 11.8. The first-order chi connectivity index (χ1) is 7.95. The van der Waals surface area contributed by atoms with Gasteiger partial charge in [0.1, 0.15) is 12.1 Å². The molecule has 1 rings (SSSR count). The minimum absolute atomic E-state index is 0.0199. The van der Waals surface area contributed by atoms with Crippen molar-refractivity contribution in [2.24, 2.45) is 11.7 Å². The van der Waals surface area contributed by atoms with Gasteiger partial charge in [-0.05, 0) is 12.3 Å². The van der Waals surface area contributed by atoms with Gasteiger partial charge >= 0.3 is 0 Å². The van der Waals surface area contributed by atoms with Crippen LogP contribution in [0.15, 0.2) is 0 Å². The fourth-order valence-electron chi connectivity index (χ4n) is 1.79. The molecule has 6 nitrogen and oxygen atoms in total.